The van der Waals surface area contributed by atoms with Gasteiger partial charge in [0.1, 0.15) is 5.82 Å². The van der Waals surface area contributed by atoms with Crippen molar-refractivity contribution in [2.45, 2.75) is 10.6 Å². The van der Waals surface area contributed by atoms with Gasteiger partial charge in [0.15, 0.2) is 0 Å². The molecule has 84 valence electrons. The van der Waals surface area contributed by atoms with Gasteiger partial charge in [-0.25, -0.2) is 4.39 Å². The number of benzene rings is 1. The maximum Gasteiger partial charge on any atom is 0.147 e. The van der Waals surface area contributed by atoms with Crippen LogP contribution in [0.3, 0.4) is 0 Å². The van der Waals surface area contributed by atoms with Crippen LogP contribution in [0.1, 0.15) is 5.69 Å². The molecule has 0 aliphatic carbocycles. The first kappa shape index (κ1) is 11.0. The van der Waals surface area contributed by atoms with Crippen molar-refractivity contribution in [2.24, 2.45) is 7.05 Å². The van der Waals surface area contributed by atoms with Crippen LogP contribution in [0, 0.1) is 5.82 Å². The van der Waals surface area contributed by atoms with Crippen LogP contribution < -0.4 is 5.73 Å². The Kier molecular flexibility index (Phi) is 3.14. The number of hydrogen-bond donors (Lipinski definition) is 1. The highest BCUT2D eigenvalue weighted by Gasteiger charge is 2.02. The van der Waals surface area contributed by atoms with Crippen molar-refractivity contribution < 1.29 is 4.39 Å². The molecule has 0 fully saturated rings. The van der Waals surface area contributed by atoms with Gasteiger partial charge in [0, 0.05) is 23.9 Å². The van der Waals surface area contributed by atoms with Crippen molar-refractivity contribution in [3.63, 3.8) is 0 Å². The summed E-state index contributed by atoms with van der Waals surface area (Å²) >= 11 is 1.54. The monoisotopic (exact) mass is 237 g/mol. The summed E-state index contributed by atoms with van der Waals surface area (Å²) in [7, 11) is 1.87. The molecular formula is C11H12FN3S. The third kappa shape index (κ3) is 2.55. The number of rotatable bonds is 3. The van der Waals surface area contributed by atoms with Gasteiger partial charge >= 0.3 is 0 Å². The minimum Gasteiger partial charge on any atom is -0.396 e. The normalized spacial score (nSPS) is 10.6. The molecule has 0 saturated heterocycles. The van der Waals surface area contributed by atoms with E-state index in [0.29, 0.717) is 0 Å². The smallest absolute Gasteiger partial charge is 0.147 e. The Labute approximate surface area is 97.5 Å². The molecule has 0 radical (unpaired) electrons. The molecule has 0 aliphatic heterocycles. The van der Waals surface area contributed by atoms with Crippen LogP contribution in [0.25, 0.3) is 0 Å². The summed E-state index contributed by atoms with van der Waals surface area (Å²) in [6.07, 6.45) is 1.89. The minimum atomic E-state index is -0.369. The summed E-state index contributed by atoms with van der Waals surface area (Å²) in [5, 5.41) is 4.24. The van der Waals surface area contributed by atoms with E-state index < -0.39 is 0 Å². The van der Waals surface area contributed by atoms with Crippen LogP contribution in [0.2, 0.25) is 0 Å². The van der Waals surface area contributed by atoms with Gasteiger partial charge in [-0.2, -0.15) is 5.10 Å². The van der Waals surface area contributed by atoms with Crippen LogP contribution in [-0.2, 0) is 12.8 Å². The number of nitrogen functional groups attached to an aromatic ring is 1. The molecule has 0 atom stereocenters. The number of hydrogen-bond acceptors (Lipinski definition) is 3. The number of anilines is 1. The molecular weight excluding hydrogens is 225 g/mol. The largest absolute Gasteiger partial charge is 0.396 e. The Morgan fingerprint density at radius 1 is 1.44 bits per heavy atom. The van der Waals surface area contributed by atoms with E-state index in [4.69, 9.17) is 5.73 Å². The number of halogens is 1. The molecule has 0 bridgehead atoms. The number of nitrogens with zero attached hydrogens (tertiary/aromatic N) is 2. The summed E-state index contributed by atoms with van der Waals surface area (Å²) in [6.45, 7) is 0. The Hall–Kier alpha value is -1.49. The Morgan fingerprint density at radius 2 is 2.25 bits per heavy atom. The van der Waals surface area contributed by atoms with Crippen LogP contribution in [-0.4, -0.2) is 9.78 Å². The molecule has 2 rings (SSSR count). The van der Waals surface area contributed by atoms with Crippen LogP contribution in [0.15, 0.2) is 35.4 Å². The van der Waals surface area contributed by atoms with Crippen molar-refractivity contribution in [2.75, 3.05) is 5.73 Å². The number of nitrogens with two attached hydrogens (primary N) is 1. The maximum absolute atomic E-state index is 13.2. The fourth-order valence-corrected chi connectivity index (χ4v) is 2.11. The van der Waals surface area contributed by atoms with E-state index in [1.54, 1.807) is 10.7 Å². The molecule has 16 heavy (non-hydrogen) atoms. The van der Waals surface area contributed by atoms with E-state index in [1.165, 1.54) is 17.8 Å². The average Bonchev–Trinajstić information content (AvgIpc) is 2.66. The zero-order chi connectivity index (χ0) is 11.5. The van der Waals surface area contributed by atoms with Gasteiger partial charge < -0.3 is 5.73 Å². The predicted molar refractivity (Wildman–Crippen MR) is 63.6 cm³/mol. The first-order valence-electron chi connectivity index (χ1n) is 4.81. The molecule has 0 unspecified atom stereocenters. The van der Waals surface area contributed by atoms with Gasteiger partial charge in [0.2, 0.25) is 0 Å². The zero-order valence-corrected chi connectivity index (χ0v) is 9.67. The van der Waals surface area contributed by atoms with Crippen molar-refractivity contribution >= 4 is 17.4 Å². The highest BCUT2D eigenvalue weighted by molar-refractivity contribution is 7.98. The molecule has 0 amide bonds. The molecule has 0 aliphatic rings. The van der Waals surface area contributed by atoms with E-state index >= 15 is 0 Å². The van der Waals surface area contributed by atoms with Gasteiger partial charge in [-0.05, 0) is 24.3 Å². The highest BCUT2D eigenvalue weighted by atomic mass is 32.2. The number of thioether (sulfide) groups is 1. The lowest BCUT2D eigenvalue weighted by molar-refractivity contribution is 0.629. The van der Waals surface area contributed by atoms with Crippen LogP contribution in [0.5, 0.6) is 0 Å². The maximum atomic E-state index is 13.2. The van der Waals surface area contributed by atoms with Crippen molar-refractivity contribution in [3.8, 4) is 0 Å². The minimum absolute atomic E-state index is 0.183. The van der Waals surface area contributed by atoms with E-state index in [2.05, 4.69) is 5.10 Å². The topological polar surface area (TPSA) is 43.8 Å². The van der Waals surface area contributed by atoms with E-state index in [-0.39, 0.29) is 11.5 Å². The third-order valence-electron chi connectivity index (χ3n) is 2.13. The number of aromatic nitrogens is 2. The predicted octanol–water partition coefficient (Wildman–Crippen LogP) is 2.43. The lowest BCUT2D eigenvalue weighted by atomic mass is 10.3. The molecule has 2 aromatic rings. The quantitative estimate of drug-likeness (QED) is 0.658. The highest BCUT2D eigenvalue weighted by Crippen LogP contribution is 2.24. The molecule has 5 heteroatoms. The van der Waals surface area contributed by atoms with E-state index in [0.717, 1.165) is 16.3 Å². The second kappa shape index (κ2) is 4.57. The summed E-state index contributed by atoms with van der Waals surface area (Å²) in [6, 6.07) is 6.78. The molecule has 1 heterocycles. The number of aryl methyl sites for hydroxylation is 1. The van der Waals surface area contributed by atoms with Gasteiger partial charge in [0.05, 0.1) is 11.4 Å². The second-order valence-corrected chi connectivity index (χ2v) is 4.50. The van der Waals surface area contributed by atoms with Crippen molar-refractivity contribution in [1.29, 1.82) is 0 Å². The van der Waals surface area contributed by atoms with E-state index in [1.807, 2.05) is 25.4 Å². The van der Waals surface area contributed by atoms with Crippen LogP contribution in [0.4, 0.5) is 10.1 Å². The standard InChI is InChI=1S/C11H12FN3S/c1-15-5-4-8(14-15)7-16-9-2-3-11(13)10(12)6-9/h2-6H,7,13H2,1H3. The zero-order valence-electron chi connectivity index (χ0n) is 8.85. The van der Waals surface area contributed by atoms with E-state index in [9.17, 15) is 4.39 Å². The Morgan fingerprint density at radius 3 is 2.88 bits per heavy atom. The summed E-state index contributed by atoms with van der Waals surface area (Å²) < 4.78 is 14.9. The summed E-state index contributed by atoms with van der Waals surface area (Å²) in [4.78, 5) is 0.859. The van der Waals surface area contributed by atoms with Gasteiger partial charge in [-0.1, -0.05) is 0 Å². The molecule has 1 aromatic carbocycles. The van der Waals surface area contributed by atoms with Gasteiger partial charge in [-0.15, -0.1) is 11.8 Å². The Bertz CT molecular complexity index is 496. The first-order valence-corrected chi connectivity index (χ1v) is 5.80. The van der Waals surface area contributed by atoms with Crippen molar-refractivity contribution in [1.82, 2.24) is 9.78 Å². The Balaban J connectivity index is 2.02. The molecule has 0 spiro atoms. The summed E-state index contributed by atoms with van der Waals surface area (Å²) in [5.41, 5.74) is 6.56. The lowest BCUT2D eigenvalue weighted by Gasteiger charge is -2.01. The molecule has 3 nitrogen and oxygen atoms in total. The molecule has 0 saturated carbocycles. The molecule has 1 aromatic heterocycles. The van der Waals surface area contributed by atoms with Gasteiger partial charge in [-0.3, -0.25) is 4.68 Å². The lowest BCUT2D eigenvalue weighted by Crippen LogP contribution is -1.91. The van der Waals surface area contributed by atoms with Crippen molar-refractivity contribution in [3.05, 3.63) is 42.0 Å². The first-order chi connectivity index (χ1) is 7.65. The average molecular weight is 237 g/mol. The SMILES string of the molecule is Cn1ccc(CSc2ccc(N)c(F)c2)n1. The fourth-order valence-electron chi connectivity index (χ4n) is 1.30. The third-order valence-corrected chi connectivity index (χ3v) is 3.15. The van der Waals surface area contributed by atoms with Gasteiger partial charge in [0.25, 0.3) is 0 Å². The fraction of sp³-hybridized carbons (Fsp3) is 0.182. The second-order valence-electron chi connectivity index (χ2n) is 3.45. The van der Waals surface area contributed by atoms with Crippen LogP contribution >= 0.6 is 11.8 Å². The molecule has 2 N–H and O–H groups in total. The summed E-state index contributed by atoms with van der Waals surface area (Å²) in [5.74, 6) is 0.357.